The molecule has 2 aromatic rings. The predicted octanol–water partition coefficient (Wildman–Crippen LogP) is 5.47. The fraction of sp³-hybridized carbons (Fsp3) is 0.125. The molecule has 0 spiro atoms. The third-order valence-corrected chi connectivity index (χ3v) is 4.79. The molecule has 0 amide bonds. The van der Waals surface area contributed by atoms with Gasteiger partial charge in [0.15, 0.2) is 0 Å². The minimum absolute atomic E-state index is 0.416. The van der Waals surface area contributed by atoms with Gasteiger partial charge in [-0.3, -0.25) is 0 Å². The summed E-state index contributed by atoms with van der Waals surface area (Å²) in [5.41, 5.74) is 0. The molecular weight excluding hydrogens is 256 g/mol. The topological polar surface area (TPSA) is 0 Å². The van der Waals surface area contributed by atoms with Gasteiger partial charge in [0, 0.05) is 9.79 Å². The van der Waals surface area contributed by atoms with E-state index in [0.717, 1.165) is 0 Å². The van der Waals surface area contributed by atoms with Crippen molar-refractivity contribution in [2.24, 2.45) is 0 Å². The van der Waals surface area contributed by atoms with E-state index in [-0.39, 0.29) is 0 Å². The van der Waals surface area contributed by atoms with Gasteiger partial charge >= 0.3 is 0 Å². The smallest absolute Gasteiger partial charge is 0.0776 e. The molecule has 0 N–H and O–H groups in total. The summed E-state index contributed by atoms with van der Waals surface area (Å²) in [4.78, 5) is 2.62. The van der Waals surface area contributed by atoms with Crippen molar-refractivity contribution in [2.45, 2.75) is 21.3 Å². The normalized spacial score (nSPS) is 11.2. The number of rotatable bonds is 5. The summed E-state index contributed by atoms with van der Waals surface area (Å²) < 4.78 is 0.416. The van der Waals surface area contributed by atoms with Crippen molar-refractivity contribution in [3.05, 3.63) is 72.8 Å². The van der Waals surface area contributed by atoms with Gasteiger partial charge in [-0.25, -0.2) is 0 Å². The standard InChI is InChI=1S/C16H16S2/c1-2-9-16(17-14-10-5-3-6-11-14)18-15-12-7-4-8-13-15/h2-13,16H,1H3. The van der Waals surface area contributed by atoms with Gasteiger partial charge in [0.2, 0.25) is 0 Å². The number of thioether (sulfide) groups is 2. The molecule has 0 aliphatic heterocycles. The van der Waals surface area contributed by atoms with Gasteiger partial charge in [0.1, 0.15) is 0 Å². The van der Waals surface area contributed by atoms with Gasteiger partial charge in [-0.05, 0) is 31.2 Å². The zero-order valence-electron chi connectivity index (χ0n) is 10.3. The van der Waals surface area contributed by atoms with Crippen molar-refractivity contribution in [1.82, 2.24) is 0 Å². The second kappa shape index (κ2) is 7.34. The molecule has 0 heterocycles. The Morgan fingerprint density at radius 2 is 1.22 bits per heavy atom. The second-order valence-corrected chi connectivity index (χ2v) is 6.48. The first-order chi connectivity index (χ1) is 8.88. The van der Waals surface area contributed by atoms with Crippen LogP contribution in [0.3, 0.4) is 0 Å². The SMILES string of the molecule is CC=CC(Sc1ccccc1)Sc1ccccc1. The van der Waals surface area contributed by atoms with Crippen LogP contribution < -0.4 is 0 Å². The maximum Gasteiger partial charge on any atom is 0.0776 e. The molecule has 18 heavy (non-hydrogen) atoms. The lowest BCUT2D eigenvalue weighted by Gasteiger charge is -2.12. The van der Waals surface area contributed by atoms with Crippen LogP contribution in [0, 0.1) is 0 Å². The van der Waals surface area contributed by atoms with Crippen LogP contribution in [0.2, 0.25) is 0 Å². The molecule has 0 radical (unpaired) electrons. The Bertz CT molecular complexity index is 435. The van der Waals surface area contributed by atoms with Crippen LogP contribution >= 0.6 is 23.5 Å². The van der Waals surface area contributed by atoms with E-state index in [0.29, 0.717) is 4.58 Å². The molecule has 0 aliphatic rings. The van der Waals surface area contributed by atoms with Gasteiger partial charge in [0.25, 0.3) is 0 Å². The molecular formula is C16H16S2. The monoisotopic (exact) mass is 272 g/mol. The molecule has 0 aliphatic carbocycles. The van der Waals surface area contributed by atoms with E-state index in [2.05, 4.69) is 79.7 Å². The van der Waals surface area contributed by atoms with Crippen molar-refractivity contribution in [2.75, 3.05) is 0 Å². The molecule has 0 unspecified atom stereocenters. The van der Waals surface area contributed by atoms with Crippen molar-refractivity contribution < 1.29 is 0 Å². The fourth-order valence-corrected chi connectivity index (χ4v) is 4.02. The molecule has 2 aromatic carbocycles. The van der Waals surface area contributed by atoms with Crippen molar-refractivity contribution in [3.8, 4) is 0 Å². The summed E-state index contributed by atoms with van der Waals surface area (Å²) in [5, 5.41) is 0. The molecule has 0 nitrogen and oxygen atoms in total. The Hall–Kier alpha value is -1.12. The summed E-state index contributed by atoms with van der Waals surface area (Å²) >= 11 is 3.77. The first-order valence-electron chi connectivity index (χ1n) is 5.95. The van der Waals surface area contributed by atoms with Gasteiger partial charge in [-0.1, -0.05) is 48.6 Å². The van der Waals surface area contributed by atoms with Crippen molar-refractivity contribution in [1.29, 1.82) is 0 Å². The van der Waals surface area contributed by atoms with E-state index in [9.17, 15) is 0 Å². The van der Waals surface area contributed by atoms with Crippen LogP contribution in [0.15, 0.2) is 82.6 Å². The summed E-state index contributed by atoms with van der Waals surface area (Å²) in [5.74, 6) is 0. The Morgan fingerprint density at radius 1 is 0.778 bits per heavy atom. The quantitative estimate of drug-likeness (QED) is 0.402. The van der Waals surface area contributed by atoms with Crippen LogP contribution in [0.5, 0.6) is 0 Å². The largest absolute Gasteiger partial charge is 0.107 e. The summed E-state index contributed by atoms with van der Waals surface area (Å²) in [7, 11) is 0. The molecule has 0 fully saturated rings. The molecule has 0 bridgehead atoms. The Labute approximate surface area is 118 Å². The Balaban J connectivity index is 2.05. The summed E-state index contributed by atoms with van der Waals surface area (Å²) in [6.07, 6.45) is 4.37. The first kappa shape index (κ1) is 13.3. The average molecular weight is 272 g/mol. The van der Waals surface area contributed by atoms with E-state index >= 15 is 0 Å². The van der Waals surface area contributed by atoms with Gasteiger partial charge < -0.3 is 0 Å². The predicted molar refractivity (Wildman–Crippen MR) is 83.2 cm³/mol. The first-order valence-corrected chi connectivity index (χ1v) is 7.70. The minimum atomic E-state index is 0.416. The molecule has 0 aromatic heterocycles. The lowest BCUT2D eigenvalue weighted by Crippen LogP contribution is -1.91. The van der Waals surface area contributed by atoms with Gasteiger partial charge in [0.05, 0.1) is 4.58 Å². The molecule has 2 rings (SSSR count). The molecule has 2 heteroatoms. The van der Waals surface area contributed by atoms with Gasteiger partial charge in [-0.2, -0.15) is 0 Å². The van der Waals surface area contributed by atoms with E-state index in [4.69, 9.17) is 0 Å². The van der Waals surface area contributed by atoms with E-state index < -0.39 is 0 Å². The Morgan fingerprint density at radius 3 is 1.61 bits per heavy atom. The highest BCUT2D eigenvalue weighted by atomic mass is 32.2. The highest BCUT2D eigenvalue weighted by molar-refractivity contribution is 8.17. The maximum atomic E-state index is 2.25. The third-order valence-electron chi connectivity index (χ3n) is 2.34. The van der Waals surface area contributed by atoms with Crippen LogP contribution in [-0.2, 0) is 0 Å². The minimum Gasteiger partial charge on any atom is -0.107 e. The van der Waals surface area contributed by atoms with E-state index in [1.54, 1.807) is 0 Å². The molecule has 92 valence electrons. The number of hydrogen-bond donors (Lipinski definition) is 0. The van der Waals surface area contributed by atoms with E-state index in [1.165, 1.54) is 9.79 Å². The van der Waals surface area contributed by atoms with Crippen LogP contribution in [0.1, 0.15) is 6.92 Å². The Kier molecular flexibility index (Phi) is 5.43. The maximum absolute atomic E-state index is 2.25. The molecule has 0 saturated heterocycles. The van der Waals surface area contributed by atoms with Crippen LogP contribution in [-0.4, -0.2) is 4.58 Å². The highest BCUT2D eigenvalue weighted by Gasteiger charge is 2.08. The summed E-state index contributed by atoms with van der Waals surface area (Å²) in [6, 6.07) is 21.1. The van der Waals surface area contributed by atoms with Crippen molar-refractivity contribution >= 4 is 23.5 Å². The second-order valence-electron chi connectivity index (χ2n) is 3.76. The van der Waals surface area contributed by atoms with Crippen LogP contribution in [0.4, 0.5) is 0 Å². The average Bonchev–Trinajstić information content (AvgIpc) is 2.41. The zero-order valence-corrected chi connectivity index (χ0v) is 12.0. The zero-order chi connectivity index (χ0) is 12.6. The lowest BCUT2D eigenvalue weighted by atomic mass is 10.4. The van der Waals surface area contributed by atoms with Gasteiger partial charge in [-0.15, -0.1) is 23.5 Å². The van der Waals surface area contributed by atoms with Crippen LogP contribution in [0.25, 0.3) is 0 Å². The number of hydrogen-bond acceptors (Lipinski definition) is 2. The number of allylic oxidation sites excluding steroid dienone is 1. The van der Waals surface area contributed by atoms with E-state index in [1.807, 2.05) is 23.5 Å². The summed E-state index contributed by atoms with van der Waals surface area (Å²) in [6.45, 7) is 2.07. The molecule has 0 saturated carbocycles. The molecule has 0 atom stereocenters. The number of benzene rings is 2. The third kappa shape index (κ3) is 4.28. The highest BCUT2D eigenvalue weighted by Crippen LogP contribution is 2.36. The van der Waals surface area contributed by atoms with Crippen molar-refractivity contribution in [3.63, 3.8) is 0 Å². The fourth-order valence-electron chi connectivity index (χ4n) is 1.53. The lowest BCUT2D eigenvalue weighted by molar-refractivity contribution is 1.42.